The van der Waals surface area contributed by atoms with Crippen LogP contribution in [0.4, 0.5) is 0 Å². The molecule has 2 atom stereocenters. The van der Waals surface area contributed by atoms with Crippen molar-refractivity contribution in [2.75, 3.05) is 26.2 Å². The summed E-state index contributed by atoms with van der Waals surface area (Å²) in [6, 6.07) is 9.33. The molecule has 0 radical (unpaired) electrons. The first kappa shape index (κ1) is 23.6. The summed E-state index contributed by atoms with van der Waals surface area (Å²) in [6.07, 6.45) is 3.28. The fraction of sp³-hybridized carbons (Fsp3) is 0.680. The molecular formula is C25H39N3O3. The minimum Gasteiger partial charge on any atom is -0.490 e. The van der Waals surface area contributed by atoms with E-state index in [9.17, 15) is 9.59 Å². The van der Waals surface area contributed by atoms with E-state index in [4.69, 9.17) is 4.74 Å². The van der Waals surface area contributed by atoms with Gasteiger partial charge in [0.05, 0.1) is 6.04 Å². The second-order valence-corrected chi connectivity index (χ2v) is 9.77. The Kier molecular flexibility index (Phi) is 8.35. The van der Waals surface area contributed by atoms with Crippen molar-refractivity contribution in [3.63, 3.8) is 0 Å². The van der Waals surface area contributed by atoms with Gasteiger partial charge in [-0.05, 0) is 36.8 Å². The van der Waals surface area contributed by atoms with Gasteiger partial charge in [0, 0.05) is 39.0 Å². The van der Waals surface area contributed by atoms with Crippen LogP contribution in [0, 0.1) is 11.8 Å². The Morgan fingerprint density at radius 1 is 1.06 bits per heavy atom. The predicted molar refractivity (Wildman–Crippen MR) is 123 cm³/mol. The van der Waals surface area contributed by atoms with Crippen LogP contribution in [0.3, 0.4) is 0 Å². The van der Waals surface area contributed by atoms with Crippen molar-refractivity contribution in [2.45, 2.75) is 71.6 Å². The van der Waals surface area contributed by atoms with Crippen LogP contribution in [0.25, 0.3) is 0 Å². The number of nitrogens with one attached hydrogen (secondary N) is 1. The van der Waals surface area contributed by atoms with Crippen molar-refractivity contribution in [2.24, 2.45) is 11.8 Å². The monoisotopic (exact) mass is 429 g/mol. The summed E-state index contributed by atoms with van der Waals surface area (Å²) in [4.78, 5) is 30.6. The minimum atomic E-state index is -0.365. The van der Waals surface area contributed by atoms with Crippen molar-refractivity contribution in [3.05, 3.63) is 30.3 Å². The van der Waals surface area contributed by atoms with E-state index in [2.05, 4.69) is 33.0 Å². The molecule has 2 fully saturated rings. The molecule has 0 spiro atoms. The largest absolute Gasteiger partial charge is 0.490 e. The van der Waals surface area contributed by atoms with Crippen molar-refractivity contribution < 1.29 is 14.3 Å². The van der Waals surface area contributed by atoms with Crippen LogP contribution in [-0.2, 0) is 9.59 Å². The Bertz CT molecular complexity index is 714. The molecule has 0 bridgehead atoms. The molecule has 31 heavy (non-hydrogen) atoms. The Hall–Kier alpha value is -2.08. The van der Waals surface area contributed by atoms with E-state index in [1.807, 2.05) is 40.1 Å². The average Bonchev–Trinajstić information content (AvgIpc) is 2.74. The van der Waals surface area contributed by atoms with E-state index in [0.29, 0.717) is 37.9 Å². The number of likely N-dealkylation sites (tertiary alicyclic amines) is 1. The summed E-state index contributed by atoms with van der Waals surface area (Å²) in [7, 11) is 0. The standard InChI is InChI=1S/C25H39N3O3/c1-18(2)16-22-24(29)28(15-12-26-22)23(17-19(3)4)25(30)27-13-10-21(11-14-27)31-20-8-6-5-7-9-20/h5-9,18-19,21-23,26H,10-17H2,1-4H3/t22-,23-/m0/s1. The topological polar surface area (TPSA) is 61.9 Å². The molecule has 1 N–H and O–H groups in total. The van der Waals surface area contributed by atoms with Gasteiger partial charge < -0.3 is 19.9 Å². The highest BCUT2D eigenvalue weighted by molar-refractivity contribution is 5.90. The van der Waals surface area contributed by atoms with Gasteiger partial charge in [-0.15, -0.1) is 0 Å². The summed E-state index contributed by atoms with van der Waals surface area (Å²) in [6.45, 7) is 11.2. The van der Waals surface area contributed by atoms with Crippen LogP contribution in [0.15, 0.2) is 30.3 Å². The first-order chi connectivity index (χ1) is 14.8. The van der Waals surface area contributed by atoms with Crippen molar-refractivity contribution in [3.8, 4) is 5.75 Å². The molecule has 1 aromatic carbocycles. The van der Waals surface area contributed by atoms with Gasteiger partial charge in [0.15, 0.2) is 0 Å². The number of carbonyl (C=O) groups is 2. The molecule has 0 unspecified atom stereocenters. The predicted octanol–water partition coefficient (Wildman–Crippen LogP) is 3.32. The van der Waals surface area contributed by atoms with E-state index >= 15 is 0 Å². The van der Waals surface area contributed by atoms with Crippen LogP contribution >= 0.6 is 0 Å². The van der Waals surface area contributed by atoms with Gasteiger partial charge in [-0.1, -0.05) is 45.9 Å². The number of ether oxygens (including phenoxy) is 1. The maximum Gasteiger partial charge on any atom is 0.245 e. The highest BCUT2D eigenvalue weighted by atomic mass is 16.5. The lowest BCUT2D eigenvalue weighted by Crippen LogP contribution is -2.62. The molecule has 2 amide bonds. The molecular weight excluding hydrogens is 390 g/mol. The molecule has 1 aromatic rings. The van der Waals surface area contributed by atoms with Gasteiger partial charge >= 0.3 is 0 Å². The maximum atomic E-state index is 13.5. The van der Waals surface area contributed by atoms with Gasteiger partial charge in [0.1, 0.15) is 17.9 Å². The first-order valence-electron chi connectivity index (χ1n) is 11.9. The summed E-state index contributed by atoms with van der Waals surface area (Å²) >= 11 is 0. The zero-order valence-corrected chi connectivity index (χ0v) is 19.5. The Morgan fingerprint density at radius 3 is 2.35 bits per heavy atom. The van der Waals surface area contributed by atoms with E-state index in [-0.39, 0.29) is 30.0 Å². The third-order valence-electron chi connectivity index (χ3n) is 6.19. The van der Waals surface area contributed by atoms with Gasteiger partial charge in [0.25, 0.3) is 0 Å². The first-order valence-corrected chi connectivity index (χ1v) is 11.9. The number of piperidine rings is 1. The summed E-state index contributed by atoms with van der Waals surface area (Å²) in [5.41, 5.74) is 0. The molecule has 2 aliphatic rings. The number of carbonyl (C=O) groups excluding carboxylic acids is 2. The zero-order valence-electron chi connectivity index (χ0n) is 19.5. The van der Waals surface area contributed by atoms with Crippen LogP contribution in [0.5, 0.6) is 5.75 Å². The van der Waals surface area contributed by atoms with Crippen molar-refractivity contribution in [1.29, 1.82) is 0 Å². The molecule has 2 saturated heterocycles. The molecule has 172 valence electrons. The normalized spacial score (nSPS) is 21.6. The minimum absolute atomic E-state index is 0.0845. The summed E-state index contributed by atoms with van der Waals surface area (Å²) < 4.78 is 6.08. The van der Waals surface area contributed by atoms with Gasteiger partial charge in [-0.3, -0.25) is 9.59 Å². The number of benzene rings is 1. The fourth-order valence-corrected chi connectivity index (χ4v) is 4.63. The van der Waals surface area contributed by atoms with Crippen LogP contribution in [0.2, 0.25) is 0 Å². The molecule has 0 aliphatic carbocycles. The van der Waals surface area contributed by atoms with E-state index in [1.54, 1.807) is 0 Å². The summed E-state index contributed by atoms with van der Waals surface area (Å²) in [5.74, 6) is 1.85. The third-order valence-corrected chi connectivity index (χ3v) is 6.19. The van der Waals surface area contributed by atoms with Gasteiger partial charge in [-0.25, -0.2) is 0 Å². The summed E-state index contributed by atoms with van der Waals surface area (Å²) in [5, 5.41) is 3.35. The van der Waals surface area contributed by atoms with Crippen LogP contribution in [-0.4, -0.2) is 66.0 Å². The fourth-order valence-electron chi connectivity index (χ4n) is 4.63. The number of hydrogen-bond donors (Lipinski definition) is 1. The maximum absolute atomic E-state index is 13.5. The Labute approximate surface area is 187 Å². The van der Waals surface area contributed by atoms with Crippen LogP contribution in [0.1, 0.15) is 53.4 Å². The van der Waals surface area contributed by atoms with Crippen molar-refractivity contribution in [1.82, 2.24) is 15.1 Å². The number of amides is 2. The van der Waals surface area contributed by atoms with E-state index in [1.165, 1.54) is 0 Å². The smallest absolute Gasteiger partial charge is 0.245 e. The lowest BCUT2D eigenvalue weighted by Gasteiger charge is -2.42. The molecule has 2 heterocycles. The van der Waals surface area contributed by atoms with E-state index in [0.717, 1.165) is 31.6 Å². The van der Waals surface area contributed by atoms with Gasteiger partial charge in [0.2, 0.25) is 11.8 Å². The third kappa shape index (κ3) is 6.45. The van der Waals surface area contributed by atoms with Gasteiger partial charge in [-0.2, -0.15) is 0 Å². The second kappa shape index (κ2) is 11.0. The number of piperazine rings is 1. The zero-order chi connectivity index (χ0) is 22.4. The number of para-hydroxylation sites is 1. The molecule has 3 rings (SSSR count). The highest BCUT2D eigenvalue weighted by Gasteiger charge is 2.39. The Morgan fingerprint density at radius 2 is 1.74 bits per heavy atom. The molecule has 6 heteroatoms. The lowest BCUT2D eigenvalue weighted by atomic mass is 9.95. The quantitative estimate of drug-likeness (QED) is 0.689. The molecule has 0 saturated carbocycles. The Balaban J connectivity index is 1.63. The number of hydrogen-bond acceptors (Lipinski definition) is 4. The number of nitrogens with zero attached hydrogens (tertiary/aromatic N) is 2. The average molecular weight is 430 g/mol. The molecule has 0 aromatic heterocycles. The molecule has 6 nitrogen and oxygen atoms in total. The SMILES string of the molecule is CC(C)C[C@@H]1NCCN([C@@H](CC(C)C)C(=O)N2CCC(Oc3ccccc3)CC2)C1=O. The lowest BCUT2D eigenvalue weighted by molar-refractivity contribution is -0.150. The van der Waals surface area contributed by atoms with Crippen molar-refractivity contribution >= 4 is 11.8 Å². The highest BCUT2D eigenvalue weighted by Crippen LogP contribution is 2.23. The second-order valence-electron chi connectivity index (χ2n) is 9.77. The number of rotatable bonds is 8. The van der Waals surface area contributed by atoms with Crippen LogP contribution < -0.4 is 10.1 Å². The molecule has 2 aliphatic heterocycles. The van der Waals surface area contributed by atoms with E-state index < -0.39 is 0 Å².